The van der Waals surface area contributed by atoms with Crippen LogP contribution in [0, 0.1) is 5.92 Å². The van der Waals surface area contributed by atoms with Gasteiger partial charge in [0.1, 0.15) is 0 Å². The van der Waals surface area contributed by atoms with Crippen LogP contribution in [0.3, 0.4) is 0 Å². The predicted molar refractivity (Wildman–Crippen MR) is 86.9 cm³/mol. The Labute approximate surface area is 124 Å². The number of alkyl halides is 1. The summed E-state index contributed by atoms with van der Waals surface area (Å²) in [5.41, 5.74) is 1.48. The number of hydrogen-bond acceptors (Lipinski definition) is 0. The summed E-state index contributed by atoms with van der Waals surface area (Å²) in [6.45, 7) is 0. The zero-order chi connectivity index (χ0) is 13.1. The third-order valence-electron chi connectivity index (χ3n) is 4.39. The second-order valence-corrected chi connectivity index (χ2v) is 7.12. The lowest BCUT2D eigenvalue weighted by Crippen LogP contribution is -2.08. The second kappa shape index (κ2) is 6.09. The van der Waals surface area contributed by atoms with Crippen LogP contribution in [0.2, 0.25) is 0 Å². The highest BCUT2D eigenvalue weighted by Crippen LogP contribution is 2.32. The van der Waals surface area contributed by atoms with Crippen LogP contribution in [0.25, 0.3) is 10.8 Å². The fourth-order valence-corrected chi connectivity index (χ4v) is 4.28. The summed E-state index contributed by atoms with van der Waals surface area (Å²) < 4.78 is 0. The Bertz CT molecular complexity index is 535. The van der Waals surface area contributed by atoms with E-state index in [0.717, 1.165) is 12.3 Å². The molecular formula is C18H21Br. The molecule has 1 atom stereocenters. The monoisotopic (exact) mass is 316 g/mol. The molecule has 0 nitrogen and oxygen atoms in total. The Balaban J connectivity index is 1.73. The minimum atomic E-state index is 0.626. The van der Waals surface area contributed by atoms with Gasteiger partial charge in [-0.1, -0.05) is 84.1 Å². The Morgan fingerprint density at radius 3 is 2.58 bits per heavy atom. The molecule has 2 aromatic rings. The molecule has 0 spiro atoms. The van der Waals surface area contributed by atoms with Gasteiger partial charge in [-0.25, -0.2) is 0 Å². The molecule has 0 N–H and O–H groups in total. The molecule has 2 aromatic carbocycles. The Morgan fingerprint density at radius 1 is 1.00 bits per heavy atom. The molecule has 19 heavy (non-hydrogen) atoms. The first-order chi connectivity index (χ1) is 9.33. The van der Waals surface area contributed by atoms with Crippen LogP contribution < -0.4 is 0 Å². The Kier molecular flexibility index (Phi) is 4.22. The lowest BCUT2D eigenvalue weighted by atomic mass is 9.95. The number of benzene rings is 2. The number of fused-ring (bicyclic) bond motifs is 1. The van der Waals surface area contributed by atoms with Gasteiger partial charge >= 0.3 is 0 Å². The summed E-state index contributed by atoms with van der Waals surface area (Å²) >= 11 is 3.91. The number of hydrogen-bond donors (Lipinski definition) is 0. The summed E-state index contributed by atoms with van der Waals surface area (Å²) in [6, 6.07) is 15.4. The van der Waals surface area contributed by atoms with E-state index in [2.05, 4.69) is 58.4 Å². The van der Waals surface area contributed by atoms with Gasteiger partial charge in [0.25, 0.3) is 0 Å². The van der Waals surface area contributed by atoms with Gasteiger partial charge in [-0.2, -0.15) is 0 Å². The van der Waals surface area contributed by atoms with Crippen LogP contribution >= 0.6 is 15.9 Å². The number of rotatable bonds is 4. The molecule has 1 fully saturated rings. The molecular weight excluding hydrogens is 296 g/mol. The maximum absolute atomic E-state index is 3.91. The Hall–Kier alpha value is -0.820. The van der Waals surface area contributed by atoms with Gasteiger partial charge in [0.2, 0.25) is 0 Å². The minimum Gasteiger partial charge on any atom is -0.0887 e. The molecule has 0 radical (unpaired) electrons. The highest BCUT2D eigenvalue weighted by Gasteiger charge is 2.19. The van der Waals surface area contributed by atoms with E-state index in [-0.39, 0.29) is 0 Å². The number of halogens is 1. The van der Waals surface area contributed by atoms with Crippen molar-refractivity contribution in [3.8, 4) is 0 Å². The summed E-state index contributed by atoms with van der Waals surface area (Å²) in [4.78, 5) is 0.626. The quantitative estimate of drug-likeness (QED) is 0.632. The van der Waals surface area contributed by atoms with Gasteiger partial charge in [-0.3, -0.25) is 0 Å². The van der Waals surface area contributed by atoms with Gasteiger partial charge in [0.15, 0.2) is 0 Å². The van der Waals surface area contributed by atoms with Gasteiger partial charge in [0, 0.05) is 4.83 Å². The van der Waals surface area contributed by atoms with Crippen LogP contribution in [0.1, 0.15) is 37.7 Å². The fourth-order valence-electron chi connectivity index (χ4n) is 3.40. The average Bonchev–Trinajstić information content (AvgIpc) is 2.92. The predicted octanol–water partition coefficient (Wildman–Crippen LogP) is 5.73. The third-order valence-corrected chi connectivity index (χ3v) is 5.08. The van der Waals surface area contributed by atoms with Crippen molar-refractivity contribution in [2.75, 3.05) is 0 Å². The van der Waals surface area contributed by atoms with Crippen molar-refractivity contribution in [3.05, 3.63) is 48.0 Å². The SMILES string of the molecule is BrC(Cc1cccc2ccccc12)CC1CCCC1. The standard InChI is InChI=1S/C18H21Br/c19-17(12-14-6-1-2-7-14)13-16-10-5-9-15-8-3-4-11-18(15)16/h3-5,8-11,14,17H,1-2,6-7,12-13H2. The van der Waals surface area contributed by atoms with E-state index < -0.39 is 0 Å². The van der Waals surface area contributed by atoms with Crippen molar-refractivity contribution < 1.29 is 0 Å². The summed E-state index contributed by atoms with van der Waals surface area (Å²) in [5.74, 6) is 0.958. The van der Waals surface area contributed by atoms with E-state index in [1.54, 1.807) is 0 Å². The molecule has 0 aromatic heterocycles. The molecule has 0 aliphatic heterocycles. The van der Waals surface area contributed by atoms with Crippen molar-refractivity contribution in [1.29, 1.82) is 0 Å². The zero-order valence-electron chi connectivity index (χ0n) is 11.3. The lowest BCUT2D eigenvalue weighted by molar-refractivity contribution is 0.495. The van der Waals surface area contributed by atoms with Crippen LogP contribution in [-0.4, -0.2) is 4.83 Å². The van der Waals surface area contributed by atoms with Crippen molar-refractivity contribution in [2.24, 2.45) is 5.92 Å². The van der Waals surface area contributed by atoms with Crippen molar-refractivity contribution >= 4 is 26.7 Å². The largest absolute Gasteiger partial charge is 0.0887 e. The summed E-state index contributed by atoms with van der Waals surface area (Å²) in [6.07, 6.45) is 8.26. The third kappa shape index (κ3) is 3.20. The van der Waals surface area contributed by atoms with Crippen LogP contribution in [0.15, 0.2) is 42.5 Å². The summed E-state index contributed by atoms with van der Waals surface area (Å²) in [5, 5.41) is 2.78. The van der Waals surface area contributed by atoms with E-state index >= 15 is 0 Å². The zero-order valence-corrected chi connectivity index (χ0v) is 12.9. The molecule has 1 aliphatic carbocycles. The molecule has 1 aliphatic rings. The molecule has 1 heteroatoms. The first kappa shape index (κ1) is 13.2. The first-order valence-corrected chi connectivity index (χ1v) is 8.35. The highest BCUT2D eigenvalue weighted by molar-refractivity contribution is 9.09. The van der Waals surface area contributed by atoms with Gasteiger partial charge in [-0.05, 0) is 35.1 Å². The van der Waals surface area contributed by atoms with Crippen molar-refractivity contribution in [2.45, 2.75) is 43.4 Å². The molecule has 0 saturated heterocycles. The maximum Gasteiger partial charge on any atom is 0.0189 e. The molecule has 1 saturated carbocycles. The average molecular weight is 317 g/mol. The van der Waals surface area contributed by atoms with Crippen LogP contribution in [-0.2, 0) is 6.42 Å². The molecule has 0 heterocycles. The Morgan fingerprint density at radius 2 is 1.74 bits per heavy atom. The van der Waals surface area contributed by atoms with E-state index in [9.17, 15) is 0 Å². The topological polar surface area (TPSA) is 0 Å². The lowest BCUT2D eigenvalue weighted by Gasteiger charge is -2.16. The van der Waals surface area contributed by atoms with Crippen molar-refractivity contribution in [3.63, 3.8) is 0 Å². The maximum atomic E-state index is 3.91. The van der Waals surface area contributed by atoms with Crippen LogP contribution in [0.4, 0.5) is 0 Å². The van der Waals surface area contributed by atoms with Gasteiger partial charge < -0.3 is 0 Å². The van der Waals surface area contributed by atoms with E-state index in [0.29, 0.717) is 4.83 Å². The molecule has 0 amide bonds. The van der Waals surface area contributed by atoms with Crippen molar-refractivity contribution in [1.82, 2.24) is 0 Å². The van der Waals surface area contributed by atoms with E-state index in [1.165, 1.54) is 48.4 Å². The van der Waals surface area contributed by atoms with E-state index in [4.69, 9.17) is 0 Å². The van der Waals surface area contributed by atoms with Gasteiger partial charge in [-0.15, -0.1) is 0 Å². The molecule has 3 rings (SSSR count). The fraction of sp³-hybridized carbons (Fsp3) is 0.444. The second-order valence-electron chi connectivity index (χ2n) is 5.83. The summed E-state index contributed by atoms with van der Waals surface area (Å²) in [7, 11) is 0. The minimum absolute atomic E-state index is 0.626. The van der Waals surface area contributed by atoms with Crippen LogP contribution in [0.5, 0.6) is 0 Å². The van der Waals surface area contributed by atoms with E-state index in [1.807, 2.05) is 0 Å². The highest BCUT2D eigenvalue weighted by atomic mass is 79.9. The normalized spacial score (nSPS) is 17.9. The molecule has 0 bridgehead atoms. The van der Waals surface area contributed by atoms with Gasteiger partial charge in [0.05, 0.1) is 0 Å². The smallest absolute Gasteiger partial charge is 0.0189 e. The molecule has 100 valence electrons. The first-order valence-electron chi connectivity index (χ1n) is 7.43. The molecule has 1 unspecified atom stereocenters.